The molecule has 0 saturated heterocycles. The second kappa shape index (κ2) is 17.9. The summed E-state index contributed by atoms with van der Waals surface area (Å²) in [6.07, 6.45) is 26.7. The molecule has 26 heavy (non-hydrogen) atoms. The van der Waals surface area contributed by atoms with E-state index >= 15 is 0 Å². The Balaban J connectivity index is 2.05. The maximum absolute atomic E-state index is 12.2. The van der Waals surface area contributed by atoms with Crippen LogP contribution in [0.25, 0.3) is 0 Å². The van der Waals surface area contributed by atoms with E-state index in [0.29, 0.717) is 6.42 Å². The number of unbranched alkanes of at least 4 members (excludes halogenated alkanes) is 8. The first-order valence-corrected chi connectivity index (χ1v) is 12.0. The highest BCUT2D eigenvalue weighted by Gasteiger charge is 2.14. The summed E-state index contributed by atoms with van der Waals surface area (Å²) in [5, 5.41) is 0. The number of hydrogen-bond donors (Lipinski definition) is 0. The van der Waals surface area contributed by atoms with Crippen LogP contribution >= 0.6 is 0 Å². The first kappa shape index (κ1) is 23.5. The molecule has 1 fully saturated rings. The highest BCUT2D eigenvalue weighted by Crippen LogP contribution is 2.19. The lowest BCUT2D eigenvalue weighted by Gasteiger charge is -2.18. The van der Waals surface area contributed by atoms with Gasteiger partial charge in [0.1, 0.15) is 6.10 Å². The van der Waals surface area contributed by atoms with Crippen molar-refractivity contribution < 1.29 is 9.53 Å². The topological polar surface area (TPSA) is 26.3 Å². The van der Waals surface area contributed by atoms with E-state index in [-0.39, 0.29) is 12.1 Å². The van der Waals surface area contributed by atoms with Crippen molar-refractivity contribution in [1.29, 1.82) is 0 Å². The minimum absolute atomic E-state index is 0.0602. The molecule has 1 saturated carbocycles. The number of carbonyl (C=O) groups is 1. The van der Waals surface area contributed by atoms with Gasteiger partial charge >= 0.3 is 5.97 Å². The molecule has 2 heteroatoms. The van der Waals surface area contributed by atoms with Crippen LogP contribution in [0, 0.1) is 0 Å². The smallest absolute Gasteiger partial charge is 0.306 e. The molecule has 0 N–H and O–H groups in total. The molecular weight excluding hydrogens is 320 g/mol. The Morgan fingerprint density at radius 1 is 0.654 bits per heavy atom. The van der Waals surface area contributed by atoms with Gasteiger partial charge in [0.05, 0.1) is 0 Å². The third kappa shape index (κ3) is 14.6. The summed E-state index contributed by atoms with van der Waals surface area (Å²) in [4.78, 5) is 12.2. The van der Waals surface area contributed by atoms with Crippen LogP contribution in [0.2, 0.25) is 0 Å². The third-order valence-electron chi connectivity index (χ3n) is 5.83. The lowest BCUT2D eigenvalue weighted by atomic mass is 9.99. The predicted octanol–water partition coefficient (Wildman–Crippen LogP) is 8.12. The highest BCUT2D eigenvalue weighted by atomic mass is 16.5. The number of hydrogen-bond acceptors (Lipinski definition) is 2. The van der Waals surface area contributed by atoms with Crippen LogP contribution in [0.15, 0.2) is 0 Å². The standard InChI is InChI=1S/C24H46O2/c1-2-3-4-5-6-8-13-16-19-22-24(25)26-23-20-17-14-11-9-7-10-12-15-18-21-23/h23H,2-22H2,1H3. The van der Waals surface area contributed by atoms with Crippen molar-refractivity contribution in [1.82, 2.24) is 0 Å². The van der Waals surface area contributed by atoms with E-state index in [1.807, 2.05) is 0 Å². The number of ether oxygens (including phenoxy) is 1. The molecule has 2 nitrogen and oxygen atoms in total. The Labute approximate surface area is 163 Å². The molecule has 0 aliphatic heterocycles. The minimum Gasteiger partial charge on any atom is -0.462 e. The summed E-state index contributed by atoms with van der Waals surface area (Å²) in [6.45, 7) is 2.27. The molecule has 0 amide bonds. The monoisotopic (exact) mass is 366 g/mol. The van der Waals surface area contributed by atoms with Gasteiger partial charge in [-0.25, -0.2) is 0 Å². The van der Waals surface area contributed by atoms with Gasteiger partial charge in [0.25, 0.3) is 0 Å². The molecule has 0 bridgehead atoms. The number of esters is 1. The van der Waals surface area contributed by atoms with Crippen LogP contribution < -0.4 is 0 Å². The molecule has 0 unspecified atom stereocenters. The lowest BCUT2D eigenvalue weighted by molar-refractivity contribution is -0.150. The molecule has 0 aromatic carbocycles. The van der Waals surface area contributed by atoms with Crippen LogP contribution in [0.3, 0.4) is 0 Å². The average molecular weight is 367 g/mol. The Morgan fingerprint density at radius 3 is 1.58 bits per heavy atom. The van der Waals surface area contributed by atoms with E-state index in [1.54, 1.807) is 0 Å². The van der Waals surface area contributed by atoms with Crippen molar-refractivity contribution in [3.63, 3.8) is 0 Å². The minimum atomic E-state index is 0.0602. The van der Waals surface area contributed by atoms with E-state index in [2.05, 4.69) is 6.92 Å². The van der Waals surface area contributed by atoms with Crippen molar-refractivity contribution in [2.75, 3.05) is 0 Å². The van der Waals surface area contributed by atoms with Gasteiger partial charge in [-0.1, -0.05) is 103 Å². The van der Waals surface area contributed by atoms with Gasteiger partial charge < -0.3 is 4.74 Å². The summed E-state index contributed by atoms with van der Waals surface area (Å²) in [5.41, 5.74) is 0. The zero-order chi connectivity index (χ0) is 18.7. The van der Waals surface area contributed by atoms with E-state index < -0.39 is 0 Å². The molecular formula is C24H46O2. The Bertz CT molecular complexity index is 301. The van der Waals surface area contributed by atoms with Gasteiger partial charge in [0.15, 0.2) is 0 Å². The second-order valence-corrected chi connectivity index (χ2v) is 8.45. The van der Waals surface area contributed by atoms with Gasteiger partial charge in [-0.2, -0.15) is 0 Å². The summed E-state index contributed by atoms with van der Waals surface area (Å²) in [7, 11) is 0. The van der Waals surface area contributed by atoms with Crippen molar-refractivity contribution in [2.45, 2.75) is 148 Å². The van der Waals surface area contributed by atoms with Gasteiger partial charge in [-0.15, -0.1) is 0 Å². The molecule has 0 radical (unpaired) electrons. The van der Waals surface area contributed by atoms with Crippen LogP contribution in [0.1, 0.15) is 142 Å². The normalized spacial score (nSPS) is 18.0. The zero-order valence-electron chi connectivity index (χ0n) is 17.7. The first-order valence-electron chi connectivity index (χ1n) is 12.0. The summed E-state index contributed by atoms with van der Waals surface area (Å²) >= 11 is 0. The first-order chi connectivity index (χ1) is 12.8. The Hall–Kier alpha value is -0.530. The molecule has 0 spiro atoms. The SMILES string of the molecule is CCCCCCCCCCCC(=O)OC1CCCCCCCCCCC1. The van der Waals surface area contributed by atoms with E-state index in [4.69, 9.17) is 4.74 Å². The van der Waals surface area contributed by atoms with Gasteiger partial charge in [0.2, 0.25) is 0 Å². The largest absolute Gasteiger partial charge is 0.462 e. The average Bonchev–Trinajstić information content (AvgIpc) is 2.62. The molecule has 1 aliphatic carbocycles. The molecule has 1 aliphatic rings. The molecule has 0 atom stereocenters. The van der Waals surface area contributed by atoms with E-state index in [0.717, 1.165) is 19.3 Å². The quantitative estimate of drug-likeness (QED) is 0.272. The van der Waals surface area contributed by atoms with Gasteiger partial charge in [0, 0.05) is 6.42 Å². The van der Waals surface area contributed by atoms with Crippen LogP contribution in [-0.4, -0.2) is 12.1 Å². The fourth-order valence-electron chi connectivity index (χ4n) is 4.07. The third-order valence-corrected chi connectivity index (χ3v) is 5.83. The van der Waals surface area contributed by atoms with Crippen molar-refractivity contribution in [3.8, 4) is 0 Å². The number of carbonyl (C=O) groups excluding carboxylic acids is 1. The molecule has 0 aromatic heterocycles. The highest BCUT2D eigenvalue weighted by molar-refractivity contribution is 5.69. The summed E-state index contributed by atoms with van der Waals surface area (Å²) in [6, 6.07) is 0. The van der Waals surface area contributed by atoms with Crippen molar-refractivity contribution >= 4 is 5.97 Å². The fourth-order valence-corrected chi connectivity index (χ4v) is 4.07. The maximum Gasteiger partial charge on any atom is 0.306 e. The second-order valence-electron chi connectivity index (χ2n) is 8.45. The summed E-state index contributed by atoms with van der Waals surface area (Å²) in [5.74, 6) is 0.0602. The Morgan fingerprint density at radius 2 is 1.08 bits per heavy atom. The van der Waals surface area contributed by atoms with Crippen molar-refractivity contribution in [2.24, 2.45) is 0 Å². The zero-order valence-corrected chi connectivity index (χ0v) is 17.7. The fraction of sp³-hybridized carbons (Fsp3) is 0.958. The van der Waals surface area contributed by atoms with E-state index in [1.165, 1.54) is 109 Å². The van der Waals surface area contributed by atoms with Gasteiger partial charge in [-0.05, 0) is 32.1 Å². The Kier molecular flexibility index (Phi) is 16.2. The molecule has 1 rings (SSSR count). The molecule has 0 aromatic rings. The van der Waals surface area contributed by atoms with E-state index in [9.17, 15) is 4.79 Å². The predicted molar refractivity (Wildman–Crippen MR) is 113 cm³/mol. The molecule has 154 valence electrons. The lowest BCUT2D eigenvalue weighted by Crippen LogP contribution is -2.18. The van der Waals surface area contributed by atoms with Crippen molar-refractivity contribution in [3.05, 3.63) is 0 Å². The summed E-state index contributed by atoms with van der Waals surface area (Å²) < 4.78 is 5.83. The number of rotatable bonds is 11. The van der Waals surface area contributed by atoms with Crippen LogP contribution in [-0.2, 0) is 9.53 Å². The maximum atomic E-state index is 12.2. The van der Waals surface area contributed by atoms with Gasteiger partial charge in [-0.3, -0.25) is 4.79 Å². The molecule has 0 heterocycles. The van der Waals surface area contributed by atoms with Crippen LogP contribution in [0.5, 0.6) is 0 Å². The van der Waals surface area contributed by atoms with Crippen LogP contribution in [0.4, 0.5) is 0 Å².